The molecule has 1 aromatic carbocycles. The third kappa shape index (κ3) is 4.91. The largest absolute Gasteiger partial charge is 0.352 e. The number of benzene rings is 1. The lowest BCUT2D eigenvalue weighted by atomic mass is 10.0. The molecule has 2 amide bonds. The Morgan fingerprint density at radius 3 is 2.92 bits per heavy atom. The molecule has 2 heterocycles. The van der Waals surface area contributed by atoms with Crippen molar-refractivity contribution in [2.24, 2.45) is 0 Å². The lowest BCUT2D eigenvalue weighted by molar-refractivity contribution is -0.136. The first kappa shape index (κ1) is 18.1. The van der Waals surface area contributed by atoms with E-state index >= 15 is 0 Å². The second-order valence-corrected chi connectivity index (χ2v) is 6.54. The third-order valence-electron chi connectivity index (χ3n) is 4.56. The van der Waals surface area contributed by atoms with E-state index in [1.165, 1.54) is 12.1 Å². The van der Waals surface area contributed by atoms with E-state index in [1.54, 1.807) is 29.2 Å². The first-order valence-corrected chi connectivity index (χ1v) is 8.90. The van der Waals surface area contributed by atoms with Crippen molar-refractivity contribution in [1.82, 2.24) is 20.0 Å². The van der Waals surface area contributed by atoms with Crippen molar-refractivity contribution >= 4 is 11.8 Å². The summed E-state index contributed by atoms with van der Waals surface area (Å²) in [5, 5.41) is 6.90. The molecule has 0 radical (unpaired) electrons. The molecule has 1 saturated heterocycles. The van der Waals surface area contributed by atoms with Crippen LogP contribution in [0.2, 0.25) is 0 Å². The van der Waals surface area contributed by atoms with Gasteiger partial charge in [-0.1, -0.05) is 12.1 Å². The van der Waals surface area contributed by atoms with E-state index in [-0.39, 0.29) is 30.2 Å². The molecule has 1 fully saturated rings. The van der Waals surface area contributed by atoms with Crippen molar-refractivity contribution in [3.8, 4) is 0 Å². The van der Waals surface area contributed by atoms with Gasteiger partial charge in [-0.05, 0) is 43.0 Å². The highest BCUT2D eigenvalue weighted by Crippen LogP contribution is 2.17. The van der Waals surface area contributed by atoms with Crippen LogP contribution in [0.3, 0.4) is 0 Å². The molecule has 1 aliphatic heterocycles. The summed E-state index contributed by atoms with van der Waals surface area (Å²) < 4.78 is 15.0. The van der Waals surface area contributed by atoms with Gasteiger partial charge in [0.05, 0.1) is 6.04 Å². The quantitative estimate of drug-likeness (QED) is 0.820. The first-order chi connectivity index (χ1) is 12.6. The molecule has 1 unspecified atom stereocenters. The lowest BCUT2D eigenvalue weighted by Crippen LogP contribution is -2.50. The van der Waals surface area contributed by atoms with Crippen LogP contribution in [0, 0.1) is 5.82 Å². The number of carbonyl (C=O) groups excluding carboxylic acids is 2. The molecular formula is C19H23FN4O2. The van der Waals surface area contributed by atoms with E-state index in [0.717, 1.165) is 18.4 Å². The van der Waals surface area contributed by atoms with E-state index in [0.29, 0.717) is 25.9 Å². The molecule has 1 N–H and O–H groups in total. The van der Waals surface area contributed by atoms with Gasteiger partial charge in [0.25, 0.3) is 0 Å². The summed E-state index contributed by atoms with van der Waals surface area (Å²) in [6, 6.07) is 7.95. The molecule has 1 aliphatic rings. The number of likely N-dealkylation sites (tertiary alicyclic amines) is 1. The molecule has 1 atom stereocenters. The highest BCUT2D eigenvalue weighted by Gasteiger charge is 2.26. The number of halogens is 1. The molecule has 0 spiro atoms. The zero-order valence-corrected chi connectivity index (χ0v) is 14.6. The van der Waals surface area contributed by atoms with Gasteiger partial charge in [0.2, 0.25) is 11.8 Å². The Balaban J connectivity index is 1.65. The van der Waals surface area contributed by atoms with Gasteiger partial charge >= 0.3 is 0 Å². The molecule has 138 valence electrons. The number of piperidine rings is 1. The van der Waals surface area contributed by atoms with Crippen LogP contribution in [-0.4, -0.2) is 45.6 Å². The standard InChI is InChI=1S/C19H23FN4O2/c20-16-6-3-5-15(11-16)12-17(24-10-2-1-7-19(24)26)13-21-18(25)14-23-9-4-8-22-23/h3-6,8-9,11,17H,1-2,7,10,12-14H2,(H,21,25). The maximum absolute atomic E-state index is 13.5. The molecule has 1 aromatic heterocycles. The van der Waals surface area contributed by atoms with Gasteiger partial charge in [0.1, 0.15) is 12.4 Å². The van der Waals surface area contributed by atoms with E-state index in [2.05, 4.69) is 10.4 Å². The number of carbonyl (C=O) groups is 2. The molecule has 6 nitrogen and oxygen atoms in total. The van der Waals surface area contributed by atoms with Crippen LogP contribution >= 0.6 is 0 Å². The Labute approximate surface area is 152 Å². The zero-order chi connectivity index (χ0) is 18.4. The molecule has 0 saturated carbocycles. The Bertz CT molecular complexity index is 748. The number of nitrogens with one attached hydrogen (secondary N) is 1. The highest BCUT2D eigenvalue weighted by molar-refractivity contribution is 5.78. The molecule has 0 aliphatic carbocycles. The van der Waals surface area contributed by atoms with Crippen LogP contribution < -0.4 is 5.32 Å². The fourth-order valence-electron chi connectivity index (χ4n) is 3.27. The van der Waals surface area contributed by atoms with E-state index in [1.807, 2.05) is 11.0 Å². The Hall–Kier alpha value is -2.70. The summed E-state index contributed by atoms with van der Waals surface area (Å²) in [6.07, 6.45) is 6.22. The third-order valence-corrected chi connectivity index (χ3v) is 4.56. The van der Waals surface area contributed by atoms with E-state index in [9.17, 15) is 14.0 Å². The number of amides is 2. The number of rotatable bonds is 7. The average molecular weight is 358 g/mol. The number of nitrogens with zero attached hydrogens (tertiary/aromatic N) is 3. The SMILES string of the molecule is O=C(Cn1cccn1)NCC(Cc1cccc(F)c1)N1CCCCC1=O. The summed E-state index contributed by atoms with van der Waals surface area (Å²) in [6.45, 7) is 1.14. The van der Waals surface area contributed by atoms with Crippen molar-refractivity contribution in [2.45, 2.75) is 38.3 Å². The fourth-order valence-corrected chi connectivity index (χ4v) is 3.27. The van der Waals surface area contributed by atoms with Crippen LogP contribution in [0.5, 0.6) is 0 Å². The Kier molecular flexibility index (Phi) is 5.99. The predicted molar refractivity (Wildman–Crippen MR) is 94.7 cm³/mol. The van der Waals surface area contributed by atoms with Crippen molar-refractivity contribution in [2.75, 3.05) is 13.1 Å². The zero-order valence-electron chi connectivity index (χ0n) is 14.6. The van der Waals surface area contributed by atoms with Crippen LogP contribution in [0.15, 0.2) is 42.7 Å². The minimum Gasteiger partial charge on any atom is -0.352 e. The Morgan fingerprint density at radius 1 is 1.31 bits per heavy atom. The summed E-state index contributed by atoms with van der Waals surface area (Å²) in [4.78, 5) is 26.3. The first-order valence-electron chi connectivity index (χ1n) is 8.90. The van der Waals surface area contributed by atoms with Gasteiger partial charge < -0.3 is 10.2 Å². The van der Waals surface area contributed by atoms with E-state index in [4.69, 9.17) is 0 Å². The maximum atomic E-state index is 13.5. The van der Waals surface area contributed by atoms with Crippen molar-refractivity contribution in [1.29, 1.82) is 0 Å². The summed E-state index contributed by atoms with van der Waals surface area (Å²) in [5.41, 5.74) is 0.815. The number of hydrogen-bond acceptors (Lipinski definition) is 3. The second-order valence-electron chi connectivity index (χ2n) is 6.54. The van der Waals surface area contributed by atoms with Gasteiger partial charge in [-0.2, -0.15) is 5.10 Å². The van der Waals surface area contributed by atoms with Crippen LogP contribution in [-0.2, 0) is 22.6 Å². The molecular weight excluding hydrogens is 335 g/mol. The van der Waals surface area contributed by atoms with Gasteiger partial charge in [-0.3, -0.25) is 14.3 Å². The highest BCUT2D eigenvalue weighted by atomic mass is 19.1. The lowest BCUT2D eigenvalue weighted by Gasteiger charge is -2.35. The average Bonchev–Trinajstić information content (AvgIpc) is 3.12. The van der Waals surface area contributed by atoms with Crippen LogP contribution in [0.4, 0.5) is 4.39 Å². The molecule has 7 heteroatoms. The smallest absolute Gasteiger partial charge is 0.241 e. The van der Waals surface area contributed by atoms with Crippen molar-refractivity contribution in [3.05, 3.63) is 54.1 Å². The maximum Gasteiger partial charge on any atom is 0.241 e. The molecule has 26 heavy (non-hydrogen) atoms. The van der Waals surface area contributed by atoms with Crippen LogP contribution in [0.1, 0.15) is 24.8 Å². The van der Waals surface area contributed by atoms with Gasteiger partial charge in [0, 0.05) is 31.9 Å². The summed E-state index contributed by atoms with van der Waals surface area (Å²) >= 11 is 0. The van der Waals surface area contributed by atoms with Crippen molar-refractivity contribution < 1.29 is 14.0 Å². The monoisotopic (exact) mass is 358 g/mol. The fraction of sp³-hybridized carbons (Fsp3) is 0.421. The Morgan fingerprint density at radius 2 is 2.19 bits per heavy atom. The summed E-state index contributed by atoms with van der Waals surface area (Å²) in [5.74, 6) is -0.365. The number of hydrogen-bond donors (Lipinski definition) is 1. The second kappa shape index (κ2) is 8.60. The summed E-state index contributed by atoms with van der Waals surface area (Å²) in [7, 11) is 0. The van der Waals surface area contributed by atoms with Gasteiger partial charge in [-0.25, -0.2) is 4.39 Å². The van der Waals surface area contributed by atoms with Crippen LogP contribution in [0.25, 0.3) is 0 Å². The van der Waals surface area contributed by atoms with Gasteiger partial charge in [0.15, 0.2) is 0 Å². The molecule has 2 aromatic rings. The minimum atomic E-state index is -0.297. The topological polar surface area (TPSA) is 67.2 Å². The minimum absolute atomic E-state index is 0.0963. The number of aromatic nitrogens is 2. The normalized spacial score (nSPS) is 15.7. The van der Waals surface area contributed by atoms with Crippen molar-refractivity contribution in [3.63, 3.8) is 0 Å². The van der Waals surface area contributed by atoms with Gasteiger partial charge in [-0.15, -0.1) is 0 Å². The predicted octanol–water partition coefficient (Wildman–Crippen LogP) is 1.76. The molecule has 3 rings (SSSR count). The molecule has 0 bridgehead atoms. The van der Waals surface area contributed by atoms with E-state index < -0.39 is 0 Å².